The van der Waals surface area contributed by atoms with Gasteiger partial charge >= 0.3 is 0 Å². The van der Waals surface area contributed by atoms with Gasteiger partial charge in [-0.15, -0.1) is 5.10 Å². The summed E-state index contributed by atoms with van der Waals surface area (Å²) in [5.41, 5.74) is -0.725. The van der Waals surface area contributed by atoms with E-state index < -0.39 is 5.60 Å². The van der Waals surface area contributed by atoms with Crippen LogP contribution >= 0.6 is 0 Å². The minimum Gasteiger partial charge on any atom is -0.389 e. The molecule has 0 atom stereocenters. The largest absolute Gasteiger partial charge is 0.389 e. The molecule has 1 aromatic rings. The third-order valence-corrected chi connectivity index (χ3v) is 1.27. The van der Waals surface area contributed by atoms with E-state index in [4.69, 9.17) is 0 Å². The van der Waals surface area contributed by atoms with Crippen LogP contribution in [-0.4, -0.2) is 27.4 Å². The molecule has 0 aliphatic carbocycles. The van der Waals surface area contributed by atoms with Crippen LogP contribution in [0.3, 0.4) is 0 Å². The summed E-state index contributed by atoms with van der Waals surface area (Å²) in [6.07, 6.45) is 1.61. The van der Waals surface area contributed by atoms with Crippen molar-refractivity contribution in [2.75, 3.05) is 11.9 Å². The van der Waals surface area contributed by atoms with E-state index in [9.17, 15) is 5.11 Å². The Balaban J connectivity index is 2.44. The molecule has 0 spiro atoms. The molecule has 0 bridgehead atoms. The number of hydrogen-bond acceptors (Lipinski definition) is 4. The molecule has 0 amide bonds. The molecule has 0 unspecified atom stereocenters. The zero-order valence-electron chi connectivity index (χ0n) is 7.28. The Morgan fingerprint density at radius 3 is 2.83 bits per heavy atom. The molecular formula is C8H13N3O. The van der Waals surface area contributed by atoms with Crippen molar-refractivity contribution >= 4 is 5.82 Å². The van der Waals surface area contributed by atoms with Crippen LogP contribution in [0.15, 0.2) is 18.3 Å². The van der Waals surface area contributed by atoms with Crippen LogP contribution in [0.2, 0.25) is 0 Å². The number of hydrogen-bond donors (Lipinski definition) is 2. The number of nitrogens with zero attached hydrogens (tertiary/aromatic N) is 2. The molecule has 0 aliphatic rings. The molecule has 0 saturated carbocycles. The highest BCUT2D eigenvalue weighted by molar-refractivity contribution is 5.31. The maximum atomic E-state index is 9.37. The third kappa shape index (κ3) is 3.30. The highest BCUT2D eigenvalue weighted by Crippen LogP contribution is 2.03. The van der Waals surface area contributed by atoms with Gasteiger partial charge in [0.25, 0.3) is 0 Å². The molecule has 0 saturated heterocycles. The van der Waals surface area contributed by atoms with E-state index in [-0.39, 0.29) is 0 Å². The van der Waals surface area contributed by atoms with Gasteiger partial charge in [0.1, 0.15) is 5.82 Å². The van der Waals surface area contributed by atoms with E-state index >= 15 is 0 Å². The first-order chi connectivity index (χ1) is 5.58. The molecule has 66 valence electrons. The van der Waals surface area contributed by atoms with Crippen LogP contribution in [0.1, 0.15) is 13.8 Å². The number of aromatic nitrogens is 2. The van der Waals surface area contributed by atoms with Crippen LogP contribution in [0.5, 0.6) is 0 Å². The summed E-state index contributed by atoms with van der Waals surface area (Å²) < 4.78 is 0. The van der Waals surface area contributed by atoms with Crippen LogP contribution in [0.25, 0.3) is 0 Å². The lowest BCUT2D eigenvalue weighted by molar-refractivity contribution is 0.0944. The van der Waals surface area contributed by atoms with Gasteiger partial charge in [0, 0.05) is 12.7 Å². The molecule has 1 aromatic heterocycles. The SMILES string of the molecule is CC(C)(O)CNc1cccnn1. The van der Waals surface area contributed by atoms with Gasteiger partial charge in [-0.25, -0.2) is 0 Å². The van der Waals surface area contributed by atoms with Gasteiger partial charge in [-0.05, 0) is 26.0 Å². The average molecular weight is 167 g/mol. The van der Waals surface area contributed by atoms with Crippen LogP contribution in [0.4, 0.5) is 5.82 Å². The summed E-state index contributed by atoms with van der Waals surface area (Å²) in [7, 11) is 0. The molecule has 0 fully saturated rings. The fourth-order valence-corrected chi connectivity index (χ4v) is 0.703. The van der Waals surface area contributed by atoms with Crippen molar-refractivity contribution in [1.29, 1.82) is 0 Å². The Morgan fingerprint density at radius 2 is 2.33 bits per heavy atom. The fourth-order valence-electron chi connectivity index (χ4n) is 0.703. The molecule has 1 rings (SSSR count). The number of rotatable bonds is 3. The molecule has 2 N–H and O–H groups in total. The average Bonchev–Trinajstić information content (AvgIpc) is 2.02. The monoisotopic (exact) mass is 167 g/mol. The second kappa shape index (κ2) is 3.49. The predicted octanol–water partition coefficient (Wildman–Crippen LogP) is 0.659. The van der Waals surface area contributed by atoms with Gasteiger partial charge in [0.2, 0.25) is 0 Å². The minimum atomic E-state index is -0.725. The fraction of sp³-hybridized carbons (Fsp3) is 0.500. The molecule has 0 aliphatic heterocycles. The summed E-state index contributed by atoms with van der Waals surface area (Å²) >= 11 is 0. The van der Waals surface area contributed by atoms with Crippen LogP contribution in [0, 0.1) is 0 Å². The Kier molecular flexibility index (Phi) is 2.60. The van der Waals surface area contributed by atoms with Crippen molar-refractivity contribution in [3.63, 3.8) is 0 Å². The van der Waals surface area contributed by atoms with Gasteiger partial charge in [-0.1, -0.05) is 0 Å². The van der Waals surface area contributed by atoms with E-state index in [2.05, 4.69) is 15.5 Å². The Labute approximate surface area is 71.6 Å². The normalized spacial score (nSPS) is 11.2. The number of anilines is 1. The maximum absolute atomic E-state index is 9.37. The third-order valence-electron chi connectivity index (χ3n) is 1.27. The number of nitrogens with one attached hydrogen (secondary N) is 1. The summed E-state index contributed by atoms with van der Waals surface area (Å²) in [4.78, 5) is 0. The van der Waals surface area contributed by atoms with E-state index in [0.29, 0.717) is 12.4 Å². The topological polar surface area (TPSA) is 58.0 Å². The second-order valence-corrected chi connectivity index (χ2v) is 3.27. The Morgan fingerprint density at radius 1 is 1.58 bits per heavy atom. The second-order valence-electron chi connectivity index (χ2n) is 3.27. The summed E-state index contributed by atoms with van der Waals surface area (Å²) in [5.74, 6) is 0.680. The first kappa shape index (κ1) is 8.93. The summed E-state index contributed by atoms with van der Waals surface area (Å²) in [6, 6.07) is 3.60. The number of aliphatic hydroxyl groups is 1. The highest BCUT2D eigenvalue weighted by atomic mass is 16.3. The van der Waals surface area contributed by atoms with E-state index in [1.807, 2.05) is 0 Å². The lowest BCUT2D eigenvalue weighted by Crippen LogP contribution is -2.29. The molecule has 4 nitrogen and oxygen atoms in total. The molecule has 12 heavy (non-hydrogen) atoms. The maximum Gasteiger partial charge on any atom is 0.148 e. The quantitative estimate of drug-likeness (QED) is 0.694. The van der Waals surface area contributed by atoms with Crippen molar-refractivity contribution in [2.24, 2.45) is 0 Å². The lowest BCUT2D eigenvalue weighted by Gasteiger charge is -2.17. The van der Waals surface area contributed by atoms with E-state index in [1.165, 1.54) is 0 Å². The smallest absolute Gasteiger partial charge is 0.148 e. The zero-order chi connectivity index (χ0) is 9.03. The molecule has 0 radical (unpaired) electrons. The van der Waals surface area contributed by atoms with Crippen molar-refractivity contribution < 1.29 is 5.11 Å². The van der Waals surface area contributed by atoms with Gasteiger partial charge in [0.05, 0.1) is 5.60 Å². The van der Waals surface area contributed by atoms with Crippen molar-refractivity contribution in [2.45, 2.75) is 19.4 Å². The summed E-state index contributed by atoms with van der Waals surface area (Å²) in [6.45, 7) is 3.93. The van der Waals surface area contributed by atoms with Crippen molar-refractivity contribution in [3.05, 3.63) is 18.3 Å². The Bertz CT molecular complexity index is 230. The first-order valence-electron chi connectivity index (χ1n) is 3.82. The molecule has 4 heteroatoms. The van der Waals surface area contributed by atoms with Gasteiger partial charge in [-0.2, -0.15) is 5.10 Å². The standard InChI is InChI=1S/C8H13N3O/c1-8(2,12)6-9-7-4-3-5-10-11-7/h3-5,12H,6H2,1-2H3,(H,9,11). The Hall–Kier alpha value is -1.16. The molecule has 0 aromatic carbocycles. The van der Waals surface area contributed by atoms with Crippen LogP contribution in [-0.2, 0) is 0 Å². The highest BCUT2D eigenvalue weighted by Gasteiger charge is 2.11. The first-order valence-corrected chi connectivity index (χ1v) is 3.82. The van der Waals surface area contributed by atoms with Crippen molar-refractivity contribution in [1.82, 2.24) is 10.2 Å². The van der Waals surface area contributed by atoms with E-state index in [1.54, 1.807) is 32.2 Å². The van der Waals surface area contributed by atoms with E-state index in [0.717, 1.165) is 0 Å². The van der Waals surface area contributed by atoms with Gasteiger partial charge in [0.15, 0.2) is 0 Å². The molecule has 1 heterocycles. The molecular weight excluding hydrogens is 154 g/mol. The lowest BCUT2D eigenvalue weighted by atomic mass is 10.1. The minimum absolute atomic E-state index is 0.464. The zero-order valence-corrected chi connectivity index (χ0v) is 7.28. The van der Waals surface area contributed by atoms with Gasteiger partial charge in [-0.3, -0.25) is 0 Å². The van der Waals surface area contributed by atoms with Crippen LogP contribution < -0.4 is 5.32 Å². The van der Waals surface area contributed by atoms with Gasteiger partial charge < -0.3 is 10.4 Å². The predicted molar refractivity (Wildman–Crippen MR) is 46.8 cm³/mol. The summed E-state index contributed by atoms with van der Waals surface area (Å²) in [5, 5.41) is 19.8. The van der Waals surface area contributed by atoms with Crippen molar-refractivity contribution in [3.8, 4) is 0 Å².